The van der Waals surface area contributed by atoms with Crippen molar-refractivity contribution in [2.24, 2.45) is 7.05 Å². The summed E-state index contributed by atoms with van der Waals surface area (Å²) in [7, 11) is 2.00. The van der Waals surface area contributed by atoms with E-state index < -0.39 is 0 Å². The number of imidazole rings is 1. The van der Waals surface area contributed by atoms with E-state index in [0.717, 1.165) is 30.2 Å². The van der Waals surface area contributed by atoms with Crippen molar-refractivity contribution >= 4 is 0 Å². The van der Waals surface area contributed by atoms with Gasteiger partial charge in [-0.05, 0) is 25.9 Å². The number of rotatable bonds is 3. The van der Waals surface area contributed by atoms with Gasteiger partial charge < -0.3 is 4.57 Å². The van der Waals surface area contributed by atoms with Crippen LogP contribution in [0, 0.1) is 11.3 Å². The van der Waals surface area contributed by atoms with Crippen LogP contribution in [-0.2, 0) is 7.05 Å². The number of nitriles is 1. The van der Waals surface area contributed by atoms with Crippen LogP contribution in [0.5, 0.6) is 0 Å². The van der Waals surface area contributed by atoms with Gasteiger partial charge in [-0.3, -0.25) is 4.90 Å². The lowest BCUT2D eigenvalue weighted by molar-refractivity contribution is 0.191. The highest BCUT2D eigenvalue weighted by Crippen LogP contribution is 2.27. The van der Waals surface area contributed by atoms with Crippen molar-refractivity contribution in [2.75, 3.05) is 13.1 Å². The van der Waals surface area contributed by atoms with E-state index in [9.17, 15) is 5.26 Å². The first-order chi connectivity index (χ1) is 10.3. The summed E-state index contributed by atoms with van der Waals surface area (Å²) in [6, 6.07) is 12.4. The van der Waals surface area contributed by atoms with Crippen LogP contribution in [0.4, 0.5) is 0 Å². The van der Waals surface area contributed by atoms with Gasteiger partial charge in [0.2, 0.25) is 0 Å². The fraction of sp³-hybridized carbons (Fsp3) is 0.412. The maximum absolute atomic E-state index is 9.60. The van der Waals surface area contributed by atoms with Gasteiger partial charge in [-0.1, -0.05) is 36.8 Å². The molecule has 0 aliphatic carbocycles. The van der Waals surface area contributed by atoms with Crippen molar-refractivity contribution in [1.29, 1.82) is 5.26 Å². The molecule has 4 heteroatoms. The second-order valence-corrected chi connectivity index (χ2v) is 5.56. The first-order valence-corrected chi connectivity index (χ1v) is 7.52. The maximum atomic E-state index is 9.60. The summed E-state index contributed by atoms with van der Waals surface area (Å²) in [5.41, 5.74) is 2.07. The lowest BCUT2D eigenvalue weighted by Crippen LogP contribution is -2.33. The smallest absolute Gasteiger partial charge is 0.140 e. The van der Waals surface area contributed by atoms with Gasteiger partial charge in [-0.25, -0.2) is 4.98 Å². The van der Waals surface area contributed by atoms with Gasteiger partial charge in [0.1, 0.15) is 11.9 Å². The van der Waals surface area contributed by atoms with E-state index in [1.165, 1.54) is 19.3 Å². The van der Waals surface area contributed by atoms with E-state index in [1.54, 1.807) is 0 Å². The Labute approximate surface area is 125 Å². The molecule has 1 atom stereocenters. The highest BCUT2D eigenvalue weighted by atomic mass is 15.2. The molecule has 0 spiro atoms. The van der Waals surface area contributed by atoms with Gasteiger partial charge in [0, 0.05) is 12.6 Å². The van der Waals surface area contributed by atoms with Crippen LogP contribution in [0.15, 0.2) is 36.5 Å². The molecule has 0 N–H and O–H groups in total. The molecule has 4 nitrogen and oxygen atoms in total. The van der Waals surface area contributed by atoms with E-state index in [1.807, 2.05) is 43.6 Å². The normalized spacial score (nSPS) is 17.3. The quantitative estimate of drug-likeness (QED) is 0.867. The average Bonchev–Trinajstić information content (AvgIpc) is 2.92. The zero-order valence-corrected chi connectivity index (χ0v) is 12.4. The summed E-state index contributed by atoms with van der Waals surface area (Å²) in [5, 5.41) is 9.60. The van der Waals surface area contributed by atoms with E-state index in [4.69, 9.17) is 0 Å². The van der Waals surface area contributed by atoms with Crippen LogP contribution in [-0.4, -0.2) is 27.5 Å². The zero-order chi connectivity index (χ0) is 14.7. The Hall–Kier alpha value is -2.12. The van der Waals surface area contributed by atoms with Crippen LogP contribution < -0.4 is 0 Å². The molecule has 3 rings (SSSR count). The largest absolute Gasteiger partial charge is 0.329 e. The monoisotopic (exact) mass is 280 g/mol. The minimum absolute atomic E-state index is 0.194. The molecule has 2 heterocycles. The van der Waals surface area contributed by atoms with Crippen LogP contribution >= 0.6 is 0 Å². The van der Waals surface area contributed by atoms with Gasteiger partial charge >= 0.3 is 0 Å². The number of piperidine rings is 1. The van der Waals surface area contributed by atoms with E-state index in [-0.39, 0.29) is 6.04 Å². The van der Waals surface area contributed by atoms with Crippen molar-refractivity contribution < 1.29 is 0 Å². The number of likely N-dealkylation sites (tertiary alicyclic amines) is 1. The SMILES string of the molecule is Cn1c(C(C#N)N2CCCCC2)cnc1-c1ccccc1. The van der Waals surface area contributed by atoms with E-state index in [2.05, 4.69) is 20.5 Å². The molecule has 1 aromatic heterocycles. The molecule has 21 heavy (non-hydrogen) atoms. The molecule has 0 radical (unpaired) electrons. The zero-order valence-electron chi connectivity index (χ0n) is 12.4. The van der Waals surface area contributed by atoms with Crippen molar-refractivity contribution in [3.8, 4) is 17.5 Å². The summed E-state index contributed by atoms with van der Waals surface area (Å²) < 4.78 is 2.05. The number of hydrogen-bond donors (Lipinski definition) is 0. The molecule has 1 fully saturated rings. The Balaban J connectivity index is 1.92. The van der Waals surface area contributed by atoms with Crippen LogP contribution in [0.2, 0.25) is 0 Å². The molecule has 1 unspecified atom stereocenters. The lowest BCUT2D eigenvalue weighted by atomic mass is 10.1. The highest BCUT2D eigenvalue weighted by Gasteiger charge is 2.25. The van der Waals surface area contributed by atoms with E-state index in [0.29, 0.717) is 0 Å². The number of nitrogens with zero attached hydrogens (tertiary/aromatic N) is 4. The second-order valence-electron chi connectivity index (χ2n) is 5.56. The number of aromatic nitrogens is 2. The molecule has 1 aliphatic rings. The Bertz CT molecular complexity index is 633. The molecule has 1 aromatic carbocycles. The van der Waals surface area contributed by atoms with Crippen LogP contribution in [0.3, 0.4) is 0 Å². The van der Waals surface area contributed by atoms with Crippen molar-refractivity contribution in [3.63, 3.8) is 0 Å². The first kappa shape index (κ1) is 13.8. The average molecular weight is 280 g/mol. The van der Waals surface area contributed by atoms with Gasteiger partial charge in [0.05, 0.1) is 18.0 Å². The summed E-state index contributed by atoms with van der Waals surface area (Å²) in [5.74, 6) is 0.919. The molecular formula is C17H20N4. The lowest BCUT2D eigenvalue weighted by Gasteiger charge is -2.30. The van der Waals surface area contributed by atoms with Crippen molar-refractivity contribution in [1.82, 2.24) is 14.5 Å². The van der Waals surface area contributed by atoms with Gasteiger partial charge in [-0.2, -0.15) is 5.26 Å². The Morgan fingerprint density at radius 3 is 2.52 bits per heavy atom. The number of hydrogen-bond acceptors (Lipinski definition) is 3. The Morgan fingerprint density at radius 2 is 1.86 bits per heavy atom. The predicted molar refractivity (Wildman–Crippen MR) is 82.4 cm³/mol. The fourth-order valence-electron chi connectivity index (χ4n) is 3.04. The van der Waals surface area contributed by atoms with Gasteiger partial charge in [0.15, 0.2) is 0 Å². The molecule has 108 valence electrons. The molecule has 1 saturated heterocycles. The van der Waals surface area contributed by atoms with Crippen molar-refractivity contribution in [2.45, 2.75) is 25.3 Å². The Morgan fingerprint density at radius 1 is 1.14 bits per heavy atom. The molecule has 2 aromatic rings. The topological polar surface area (TPSA) is 44.9 Å². The molecule has 0 saturated carbocycles. The maximum Gasteiger partial charge on any atom is 0.140 e. The van der Waals surface area contributed by atoms with Gasteiger partial charge in [-0.15, -0.1) is 0 Å². The highest BCUT2D eigenvalue weighted by molar-refractivity contribution is 5.56. The van der Waals surface area contributed by atoms with E-state index >= 15 is 0 Å². The minimum atomic E-state index is -0.194. The standard InChI is InChI=1S/C17H20N4/c1-20-16(15(12-18)21-10-6-3-7-11-21)13-19-17(20)14-8-4-2-5-9-14/h2,4-5,8-9,13,15H,3,6-7,10-11H2,1H3. The number of benzene rings is 1. The van der Waals surface area contributed by atoms with Crippen LogP contribution in [0.25, 0.3) is 11.4 Å². The Kier molecular flexibility index (Phi) is 4.03. The first-order valence-electron chi connectivity index (χ1n) is 7.52. The third-order valence-electron chi connectivity index (χ3n) is 4.21. The third-order valence-corrected chi connectivity index (χ3v) is 4.21. The van der Waals surface area contributed by atoms with Gasteiger partial charge in [0.25, 0.3) is 0 Å². The fourth-order valence-corrected chi connectivity index (χ4v) is 3.04. The third kappa shape index (κ3) is 2.70. The molecule has 0 bridgehead atoms. The predicted octanol–water partition coefficient (Wildman–Crippen LogP) is 3.14. The molecular weight excluding hydrogens is 260 g/mol. The second kappa shape index (κ2) is 6.11. The molecule has 0 amide bonds. The summed E-state index contributed by atoms with van der Waals surface area (Å²) in [4.78, 5) is 6.81. The van der Waals surface area contributed by atoms with Crippen molar-refractivity contribution in [3.05, 3.63) is 42.2 Å². The minimum Gasteiger partial charge on any atom is -0.329 e. The summed E-state index contributed by atoms with van der Waals surface area (Å²) in [6.07, 6.45) is 5.49. The summed E-state index contributed by atoms with van der Waals surface area (Å²) >= 11 is 0. The summed E-state index contributed by atoms with van der Waals surface area (Å²) in [6.45, 7) is 2.01. The van der Waals surface area contributed by atoms with Crippen LogP contribution in [0.1, 0.15) is 31.0 Å². The molecule has 1 aliphatic heterocycles.